The summed E-state index contributed by atoms with van der Waals surface area (Å²) in [6, 6.07) is 8.20. The normalized spacial score (nSPS) is 15.7. The monoisotopic (exact) mass is 516 g/mol. The molecule has 200 valence electrons. The van der Waals surface area contributed by atoms with E-state index in [2.05, 4.69) is 55.8 Å². The number of aromatic nitrogens is 4. The van der Waals surface area contributed by atoms with Crippen molar-refractivity contribution in [1.82, 2.24) is 24.2 Å². The van der Waals surface area contributed by atoms with Crippen molar-refractivity contribution in [2.24, 2.45) is 4.99 Å². The Morgan fingerprint density at radius 1 is 1.18 bits per heavy atom. The average Bonchev–Trinajstić information content (AvgIpc) is 3.15. The summed E-state index contributed by atoms with van der Waals surface area (Å²) < 4.78 is 3.18. The van der Waals surface area contributed by atoms with Crippen LogP contribution in [-0.4, -0.2) is 81.0 Å². The first-order chi connectivity index (χ1) is 18.2. The molecule has 0 aliphatic carbocycles. The first-order valence-electron chi connectivity index (χ1n) is 12.7. The van der Waals surface area contributed by atoms with Crippen molar-refractivity contribution in [2.75, 3.05) is 50.5 Å². The van der Waals surface area contributed by atoms with Crippen LogP contribution in [0.5, 0.6) is 0 Å². The van der Waals surface area contributed by atoms with E-state index in [1.54, 1.807) is 56.0 Å². The van der Waals surface area contributed by atoms with Gasteiger partial charge < -0.3 is 20.2 Å². The molecule has 2 N–H and O–H groups in total. The van der Waals surface area contributed by atoms with Crippen LogP contribution in [0.2, 0.25) is 0 Å². The van der Waals surface area contributed by atoms with Gasteiger partial charge in [0.05, 0.1) is 12.1 Å². The molecule has 0 spiro atoms. The molecule has 1 saturated heterocycles. The van der Waals surface area contributed by atoms with E-state index in [1.165, 1.54) is 16.6 Å². The van der Waals surface area contributed by atoms with Crippen molar-refractivity contribution in [3.63, 3.8) is 0 Å². The van der Waals surface area contributed by atoms with Crippen LogP contribution in [0.4, 0.5) is 17.3 Å². The highest BCUT2D eigenvalue weighted by molar-refractivity contribution is 5.99. The van der Waals surface area contributed by atoms with Gasteiger partial charge in [0.1, 0.15) is 11.2 Å². The highest BCUT2D eigenvalue weighted by Gasteiger charge is 2.18. The lowest BCUT2D eigenvalue weighted by atomic mass is 10.1. The zero-order valence-electron chi connectivity index (χ0n) is 22.5. The number of anilines is 3. The van der Waals surface area contributed by atoms with E-state index in [1.807, 2.05) is 12.1 Å². The summed E-state index contributed by atoms with van der Waals surface area (Å²) in [5, 5.41) is 13.6. The van der Waals surface area contributed by atoms with Gasteiger partial charge in [0.2, 0.25) is 5.95 Å². The van der Waals surface area contributed by atoms with Crippen LogP contribution in [0.3, 0.4) is 0 Å². The van der Waals surface area contributed by atoms with E-state index >= 15 is 0 Å². The van der Waals surface area contributed by atoms with Crippen LogP contribution in [-0.2, 0) is 6.54 Å². The third-order valence-corrected chi connectivity index (χ3v) is 6.28. The minimum absolute atomic E-state index is 0.232. The summed E-state index contributed by atoms with van der Waals surface area (Å²) in [5.41, 5.74) is 1.30. The summed E-state index contributed by atoms with van der Waals surface area (Å²) in [6.45, 7) is 11.6. The summed E-state index contributed by atoms with van der Waals surface area (Å²) in [5.74, 6) is 0.872. The number of nitrogens with zero attached hydrogens (tertiary/aromatic N) is 7. The fourth-order valence-electron chi connectivity index (χ4n) is 4.23. The highest BCUT2D eigenvalue weighted by atomic mass is 16.3. The van der Waals surface area contributed by atoms with E-state index in [9.17, 15) is 9.90 Å². The molecule has 38 heavy (non-hydrogen) atoms. The molecular formula is C28H36N8O2. The van der Waals surface area contributed by atoms with Gasteiger partial charge in [-0.15, -0.1) is 6.58 Å². The van der Waals surface area contributed by atoms with Crippen molar-refractivity contribution < 1.29 is 5.11 Å². The minimum Gasteiger partial charge on any atom is -0.386 e. The molecule has 10 nitrogen and oxygen atoms in total. The van der Waals surface area contributed by atoms with Gasteiger partial charge in [-0.05, 0) is 51.2 Å². The van der Waals surface area contributed by atoms with Crippen LogP contribution in [0, 0.1) is 0 Å². The quantitative estimate of drug-likeness (QED) is 0.205. The Labute approximate surface area is 222 Å². The lowest BCUT2D eigenvalue weighted by Crippen LogP contribution is -2.44. The van der Waals surface area contributed by atoms with Gasteiger partial charge in [0.25, 0.3) is 5.56 Å². The molecule has 0 atom stereocenters. The zero-order chi connectivity index (χ0) is 27.3. The molecule has 1 aromatic carbocycles. The molecule has 3 aromatic rings. The van der Waals surface area contributed by atoms with Crippen LogP contribution in [0.1, 0.15) is 13.8 Å². The topological polar surface area (TPSA) is 104 Å². The van der Waals surface area contributed by atoms with Gasteiger partial charge in [-0.25, -0.2) is 14.3 Å². The van der Waals surface area contributed by atoms with E-state index in [4.69, 9.17) is 0 Å². The molecule has 1 aliphatic heterocycles. The van der Waals surface area contributed by atoms with Crippen molar-refractivity contribution in [3.05, 3.63) is 77.8 Å². The Hall–Kier alpha value is -4.02. The number of aliphatic imine (C=N–C) groups is 1. The number of allylic oxidation sites excluding steroid dienone is 4. The number of hydrogen-bond acceptors (Lipinski definition) is 8. The Kier molecular flexibility index (Phi) is 8.23. The molecule has 3 heterocycles. The Morgan fingerprint density at radius 3 is 2.53 bits per heavy atom. The number of fused-ring (bicyclic) bond motifs is 1. The molecule has 1 fully saturated rings. The van der Waals surface area contributed by atoms with E-state index in [-0.39, 0.29) is 12.1 Å². The fraction of sp³-hybridized carbons (Fsp3) is 0.357. The highest BCUT2D eigenvalue weighted by Crippen LogP contribution is 2.22. The second-order valence-electron chi connectivity index (χ2n) is 9.83. The SMILES string of the molecule is C=CCn1c(=O)c2cnc(Nc3ccc(N4CCN(C)CC4)cc3)nc2n1C(/C=C\C=C\C(C)(C)O)=NC. The summed E-state index contributed by atoms with van der Waals surface area (Å²) in [6.07, 6.45) is 10.1. The van der Waals surface area contributed by atoms with E-state index in [0.29, 0.717) is 22.8 Å². The lowest BCUT2D eigenvalue weighted by molar-refractivity contribution is 0.133. The molecule has 0 radical (unpaired) electrons. The third-order valence-electron chi connectivity index (χ3n) is 6.28. The van der Waals surface area contributed by atoms with E-state index < -0.39 is 5.60 Å². The molecule has 4 rings (SSSR count). The largest absolute Gasteiger partial charge is 0.386 e. The van der Waals surface area contributed by atoms with Crippen LogP contribution in [0.15, 0.2) is 77.2 Å². The van der Waals surface area contributed by atoms with Crippen LogP contribution < -0.4 is 15.8 Å². The minimum atomic E-state index is -0.935. The van der Waals surface area contributed by atoms with Crippen molar-refractivity contribution in [3.8, 4) is 0 Å². The zero-order valence-corrected chi connectivity index (χ0v) is 22.5. The first kappa shape index (κ1) is 27.0. The molecule has 2 aromatic heterocycles. The van der Waals surface area contributed by atoms with Crippen LogP contribution >= 0.6 is 0 Å². The number of piperazine rings is 1. The molecule has 0 unspecified atom stereocenters. The van der Waals surface area contributed by atoms with Gasteiger partial charge in [-0.1, -0.05) is 24.3 Å². The smallest absolute Gasteiger partial charge is 0.278 e. The molecule has 10 heteroatoms. The predicted octanol–water partition coefficient (Wildman–Crippen LogP) is 3.03. The molecule has 1 aliphatic rings. The Balaban J connectivity index is 1.64. The third kappa shape index (κ3) is 6.27. The van der Waals surface area contributed by atoms with E-state index in [0.717, 1.165) is 31.9 Å². The summed E-state index contributed by atoms with van der Waals surface area (Å²) in [4.78, 5) is 31.3. The summed E-state index contributed by atoms with van der Waals surface area (Å²) in [7, 11) is 3.79. The number of aliphatic hydroxyl groups is 1. The maximum absolute atomic E-state index is 13.2. The standard InChI is InChI=1S/C28H36N8O2/c1-6-15-35-26(37)23-20-30-27(31-21-10-12-22(13-11-21)34-18-16-33(5)17-19-34)32-25(23)36(35)24(29-4)9-7-8-14-28(2,3)38/h6-14,20,38H,1,15-19H2,2-5H3,(H,30,31,32)/b9-7-,14-8+,29-24?. The molecule has 0 saturated carbocycles. The molecule has 0 bridgehead atoms. The Morgan fingerprint density at radius 2 is 1.89 bits per heavy atom. The fourth-order valence-corrected chi connectivity index (χ4v) is 4.23. The number of nitrogens with one attached hydrogen (secondary N) is 1. The second kappa shape index (κ2) is 11.6. The summed E-state index contributed by atoms with van der Waals surface area (Å²) >= 11 is 0. The maximum atomic E-state index is 13.2. The van der Waals surface area contributed by atoms with Gasteiger partial charge in [0.15, 0.2) is 5.65 Å². The number of hydrogen-bond donors (Lipinski definition) is 2. The van der Waals surface area contributed by atoms with Crippen molar-refractivity contribution in [1.29, 1.82) is 0 Å². The van der Waals surface area contributed by atoms with Crippen LogP contribution in [0.25, 0.3) is 11.0 Å². The number of rotatable bonds is 8. The van der Waals surface area contributed by atoms with Gasteiger partial charge in [0, 0.05) is 50.8 Å². The van der Waals surface area contributed by atoms with Gasteiger partial charge in [-0.3, -0.25) is 9.79 Å². The van der Waals surface area contributed by atoms with Crippen molar-refractivity contribution in [2.45, 2.75) is 26.0 Å². The Bertz CT molecular complexity index is 1420. The molecular weight excluding hydrogens is 480 g/mol. The molecule has 0 amide bonds. The predicted molar refractivity (Wildman–Crippen MR) is 155 cm³/mol. The van der Waals surface area contributed by atoms with Gasteiger partial charge >= 0.3 is 0 Å². The maximum Gasteiger partial charge on any atom is 0.278 e. The first-order valence-corrected chi connectivity index (χ1v) is 12.7. The number of likely N-dealkylation sites (N-methyl/N-ethyl adjacent to an activating group) is 1. The average molecular weight is 517 g/mol. The lowest BCUT2D eigenvalue weighted by Gasteiger charge is -2.34. The number of benzene rings is 1. The van der Waals surface area contributed by atoms with Crippen molar-refractivity contribution >= 4 is 34.2 Å². The van der Waals surface area contributed by atoms with Gasteiger partial charge in [-0.2, -0.15) is 4.98 Å². The second-order valence-corrected chi connectivity index (χ2v) is 9.83.